The van der Waals surface area contributed by atoms with Gasteiger partial charge in [-0.1, -0.05) is 6.07 Å². The highest BCUT2D eigenvalue weighted by atomic mass is 32.2. The normalized spacial score (nSPS) is 12.5. The van der Waals surface area contributed by atoms with E-state index in [9.17, 15) is 9.12 Å². The number of hydrogen-bond acceptors (Lipinski definition) is 9. The van der Waals surface area contributed by atoms with Gasteiger partial charge >= 0.3 is 7.82 Å². The Morgan fingerprint density at radius 1 is 0.844 bits per heavy atom. The fourth-order valence-electron chi connectivity index (χ4n) is 2.70. The summed E-state index contributed by atoms with van der Waals surface area (Å²) in [6.45, 7) is 0. The van der Waals surface area contributed by atoms with Crippen molar-refractivity contribution in [1.82, 2.24) is 0 Å². The Kier molecular flexibility index (Phi) is 9.74. The zero-order valence-electron chi connectivity index (χ0n) is 18.8. The average molecular weight is 486 g/mol. The van der Waals surface area contributed by atoms with Crippen LogP contribution in [0.15, 0.2) is 35.7 Å². The number of benzene rings is 2. The van der Waals surface area contributed by atoms with Gasteiger partial charge in [0.2, 0.25) is 0 Å². The van der Waals surface area contributed by atoms with Crippen molar-refractivity contribution in [3.05, 3.63) is 46.9 Å². The van der Waals surface area contributed by atoms with Crippen LogP contribution >= 0.6 is 7.82 Å². The SMILES string of the molecule is COc1cc(OC)c(C=C[S+]([O-])Cc2ccc(OC)c(OP(=O)(OC)OC)c2)c(OC)c1. The minimum Gasteiger partial charge on any atom is -0.612 e. The summed E-state index contributed by atoms with van der Waals surface area (Å²) in [5.41, 5.74) is 1.29. The monoisotopic (exact) mass is 486 g/mol. The molecule has 0 aliphatic heterocycles. The topological polar surface area (TPSA) is 105 Å². The van der Waals surface area contributed by atoms with E-state index in [-0.39, 0.29) is 11.5 Å². The van der Waals surface area contributed by atoms with Crippen molar-refractivity contribution in [2.75, 3.05) is 42.7 Å². The van der Waals surface area contributed by atoms with Crippen molar-refractivity contribution in [2.45, 2.75) is 5.75 Å². The van der Waals surface area contributed by atoms with Crippen LogP contribution in [0.1, 0.15) is 11.1 Å². The van der Waals surface area contributed by atoms with Crippen molar-refractivity contribution in [2.24, 2.45) is 0 Å². The van der Waals surface area contributed by atoms with E-state index in [1.807, 2.05) is 0 Å². The Morgan fingerprint density at radius 2 is 1.44 bits per heavy atom. The molecule has 0 aliphatic rings. The lowest BCUT2D eigenvalue weighted by molar-refractivity contribution is 0.208. The third-order valence-electron chi connectivity index (χ3n) is 4.33. The van der Waals surface area contributed by atoms with E-state index < -0.39 is 19.0 Å². The molecular weight excluding hydrogens is 459 g/mol. The van der Waals surface area contributed by atoms with Gasteiger partial charge < -0.3 is 28.0 Å². The highest BCUT2D eigenvalue weighted by Crippen LogP contribution is 2.50. The van der Waals surface area contributed by atoms with Crippen LogP contribution in [0, 0.1) is 0 Å². The maximum absolute atomic E-state index is 12.7. The zero-order chi connectivity index (χ0) is 23.7. The van der Waals surface area contributed by atoms with Gasteiger partial charge in [-0.05, 0) is 23.3 Å². The Bertz CT molecular complexity index is 947. The fraction of sp³-hybridized carbons (Fsp3) is 0.333. The third kappa shape index (κ3) is 6.57. The molecule has 9 nitrogen and oxygen atoms in total. The van der Waals surface area contributed by atoms with E-state index in [1.54, 1.807) is 43.5 Å². The summed E-state index contributed by atoms with van der Waals surface area (Å²) in [5, 5.41) is 1.53. The first kappa shape index (κ1) is 25.9. The first-order chi connectivity index (χ1) is 15.3. The van der Waals surface area contributed by atoms with E-state index in [4.69, 9.17) is 32.5 Å². The molecule has 1 atom stereocenters. The summed E-state index contributed by atoms with van der Waals surface area (Å²) in [4.78, 5) is 0. The van der Waals surface area contributed by atoms with E-state index in [0.29, 0.717) is 34.1 Å². The van der Waals surface area contributed by atoms with E-state index in [0.717, 1.165) is 0 Å². The predicted octanol–water partition coefficient (Wildman–Crippen LogP) is 4.42. The molecule has 0 radical (unpaired) electrons. The summed E-state index contributed by atoms with van der Waals surface area (Å²) in [7, 11) is 4.69. The van der Waals surface area contributed by atoms with Gasteiger partial charge in [0.05, 0.1) is 34.0 Å². The van der Waals surface area contributed by atoms with Crippen molar-refractivity contribution in [1.29, 1.82) is 0 Å². The molecule has 2 aromatic carbocycles. The molecular formula is C21H27O9PS. The van der Waals surface area contributed by atoms with Gasteiger partial charge in [0.1, 0.15) is 28.4 Å². The number of rotatable bonds is 12. The van der Waals surface area contributed by atoms with Gasteiger partial charge in [0.25, 0.3) is 0 Å². The Hall–Kier alpha value is -2.36. The second kappa shape index (κ2) is 12.0. The lowest BCUT2D eigenvalue weighted by atomic mass is 10.1. The number of phosphoric ester groups is 1. The summed E-state index contributed by atoms with van der Waals surface area (Å²) in [5.74, 6) is 2.26. The second-order valence-electron chi connectivity index (χ2n) is 6.16. The molecule has 0 heterocycles. The highest BCUT2D eigenvalue weighted by Gasteiger charge is 2.27. The first-order valence-corrected chi connectivity index (χ1v) is 12.1. The molecule has 0 aliphatic carbocycles. The lowest BCUT2D eigenvalue weighted by Gasteiger charge is -2.17. The number of ether oxygens (including phenoxy) is 4. The maximum Gasteiger partial charge on any atom is 0.529 e. The fourth-order valence-corrected chi connectivity index (χ4v) is 4.28. The van der Waals surface area contributed by atoms with Crippen LogP contribution in [0.5, 0.6) is 28.7 Å². The average Bonchev–Trinajstić information content (AvgIpc) is 2.82. The van der Waals surface area contributed by atoms with Gasteiger partial charge in [-0.3, -0.25) is 9.05 Å². The van der Waals surface area contributed by atoms with Crippen molar-refractivity contribution in [3.8, 4) is 28.7 Å². The van der Waals surface area contributed by atoms with E-state index in [1.165, 1.54) is 41.0 Å². The van der Waals surface area contributed by atoms with Gasteiger partial charge in [0.15, 0.2) is 11.5 Å². The zero-order valence-corrected chi connectivity index (χ0v) is 20.5. The highest BCUT2D eigenvalue weighted by molar-refractivity contribution is 7.93. The van der Waals surface area contributed by atoms with Gasteiger partial charge in [-0.15, -0.1) is 0 Å². The molecule has 1 unspecified atom stereocenters. The Labute approximate surface area is 191 Å². The summed E-state index contributed by atoms with van der Waals surface area (Å²) < 4.78 is 61.3. The molecule has 11 heteroatoms. The maximum atomic E-state index is 12.7. The smallest absolute Gasteiger partial charge is 0.529 e. The molecule has 0 bridgehead atoms. The molecule has 176 valence electrons. The minimum absolute atomic E-state index is 0.150. The molecule has 0 fully saturated rings. The molecule has 0 saturated heterocycles. The number of phosphoric acid groups is 1. The molecule has 2 aromatic rings. The van der Waals surface area contributed by atoms with Crippen molar-refractivity contribution in [3.63, 3.8) is 0 Å². The largest absolute Gasteiger partial charge is 0.612 e. The van der Waals surface area contributed by atoms with Crippen LogP contribution in [-0.4, -0.2) is 47.2 Å². The molecule has 32 heavy (non-hydrogen) atoms. The number of methoxy groups -OCH3 is 4. The van der Waals surface area contributed by atoms with Crippen LogP contribution in [0.25, 0.3) is 6.08 Å². The standard InChI is InChI=1S/C21H27O9PS/c1-24-16-12-19(26-3)17(20(13-16)27-4)9-10-32(23)14-15-7-8-18(25-2)21(11-15)30-31(22,28-5)29-6/h7-13H,14H2,1-6H3. The predicted molar refractivity (Wildman–Crippen MR) is 122 cm³/mol. The van der Waals surface area contributed by atoms with Crippen molar-refractivity contribution >= 4 is 25.1 Å². The van der Waals surface area contributed by atoms with Crippen LogP contribution < -0.4 is 23.5 Å². The summed E-state index contributed by atoms with van der Waals surface area (Å²) >= 11 is -1.39. The van der Waals surface area contributed by atoms with Crippen LogP contribution in [-0.2, 0) is 30.5 Å². The van der Waals surface area contributed by atoms with Gasteiger partial charge in [-0.25, -0.2) is 4.57 Å². The number of hydrogen-bond donors (Lipinski definition) is 0. The van der Waals surface area contributed by atoms with E-state index >= 15 is 0 Å². The van der Waals surface area contributed by atoms with E-state index in [2.05, 4.69) is 0 Å². The van der Waals surface area contributed by atoms with Crippen LogP contribution in [0.2, 0.25) is 0 Å². The summed E-state index contributed by atoms with van der Waals surface area (Å²) in [6.07, 6.45) is 1.66. The van der Waals surface area contributed by atoms with Gasteiger partial charge in [0, 0.05) is 38.0 Å². The quantitative estimate of drug-likeness (QED) is 0.318. The molecule has 2 rings (SSSR count). The van der Waals surface area contributed by atoms with Crippen molar-refractivity contribution < 1.29 is 41.6 Å². The molecule has 0 spiro atoms. The van der Waals surface area contributed by atoms with Crippen LogP contribution in [0.4, 0.5) is 0 Å². The Morgan fingerprint density at radius 3 is 1.94 bits per heavy atom. The lowest BCUT2D eigenvalue weighted by Crippen LogP contribution is -2.03. The molecule has 0 amide bonds. The summed E-state index contributed by atoms with van der Waals surface area (Å²) in [6, 6.07) is 8.35. The molecule has 0 saturated carbocycles. The second-order valence-corrected chi connectivity index (χ2v) is 9.29. The Balaban J connectivity index is 2.25. The third-order valence-corrected chi connectivity index (χ3v) is 6.71. The minimum atomic E-state index is -3.78. The van der Waals surface area contributed by atoms with Gasteiger partial charge in [-0.2, -0.15) is 0 Å². The molecule has 0 N–H and O–H groups in total. The molecule has 0 aromatic heterocycles. The first-order valence-electron chi connectivity index (χ1n) is 9.26. The van der Waals surface area contributed by atoms with Crippen LogP contribution in [0.3, 0.4) is 0 Å².